The first-order chi connectivity index (χ1) is 7.25. The largest absolute Gasteiger partial charge is 0.316 e. The molecule has 15 heavy (non-hydrogen) atoms. The Labute approximate surface area is 100.0 Å². The summed E-state index contributed by atoms with van der Waals surface area (Å²) < 4.78 is 0. The average molecular weight is 245 g/mol. The van der Waals surface area contributed by atoms with E-state index in [4.69, 9.17) is 23.2 Å². The van der Waals surface area contributed by atoms with Crippen LogP contribution in [0, 0.1) is 5.92 Å². The molecule has 1 unspecified atom stereocenters. The fourth-order valence-corrected chi connectivity index (χ4v) is 2.42. The van der Waals surface area contributed by atoms with E-state index in [9.17, 15) is 0 Å². The van der Waals surface area contributed by atoms with Gasteiger partial charge < -0.3 is 5.32 Å². The molecule has 2 rings (SSSR count). The van der Waals surface area contributed by atoms with Gasteiger partial charge in [-0.25, -0.2) is 0 Å². The van der Waals surface area contributed by atoms with Crippen molar-refractivity contribution in [2.24, 2.45) is 5.92 Å². The van der Waals surface area contributed by atoms with E-state index in [1.165, 1.54) is 12.8 Å². The Morgan fingerprint density at radius 1 is 1.47 bits per heavy atom. The van der Waals surface area contributed by atoms with Crippen LogP contribution in [-0.2, 0) is 6.42 Å². The van der Waals surface area contributed by atoms with Gasteiger partial charge in [-0.05, 0) is 44.3 Å². The van der Waals surface area contributed by atoms with Crippen molar-refractivity contribution in [1.29, 1.82) is 0 Å². The predicted molar refractivity (Wildman–Crippen MR) is 63.6 cm³/mol. The van der Waals surface area contributed by atoms with Crippen molar-refractivity contribution in [3.05, 3.63) is 28.0 Å². The molecule has 0 radical (unpaired) electrons. The van der Waals surface area contributed by atoms with Gasteiger partial charge in [0.15, 0.2) is 0 Å². The summed E-state index contributed by atoms with van der Waals surface area (Å²) in [5.74, 6) is 0.657. The van der Waals surface area contributed by atoms with E-state index in [1.54, 1.807) is 12.3 Å². The third kappa shape index (κ3) is 3.07. The van der Waals surface area contributed by atoms with Gasteiger partial charge in [-0.3, -0.25) is 4.98 Å². The number of halogens is 2. The molecule has 1 aromatic heterocycles. The Balaban J connectivity index is 2.03. The van der Waals surface area contributed by atoms with Crippen LogP contribution in [0.25, 0.3) is 0 Å². The highest BCUT2D eigenvalue weighted by Gasteiger charge is 2.15. The summed E-state index contributed by atoms with van der Waals surface area (Å²) in [6, 6.07) is 1.77. The second-order valence-corrected chi connectivity index (χ2v) is 4.84. The van der Waals surface area contributed by atoms with Crippen molar-refractivity contribution in [3.63, 3.8) is 0 Å². The molecule has 1 saturated heterocycles. The van der Waals surface area contributed by atoms with Crippen LogP contribution in [0.4, 0.5) is 0 Å². The molecule has 2 heterocycles. The van der Waals surface area contributed by atoms with E-state index in [0.29, 0.717) is 16.0 Å². The van der Waals surface area contributed by atoms with Crippen molar-refractivity contribution in [2.75, 3.05) is 13.1 Å². The first kappa shape index (κ1) is 11.2. The summed E-state index contributed by atoms with van der Waals surface area (Å²) in [5.41, 5.74) is 0.967. The Hall–Kier alpha value is -0.310. The molecule has 1 aliphatic rings. The number of hydrogen-bond acceptors (Lipinski definition) is 2. The molecule has 1 atom stereocenters. The SMILES string of the molecule is Clc1cnc(CC2CCCNC2)c(Cl)c1. The molecule has 1 aliphatic heterocycles. The van der Waals surface area contributed by atoms with Gasteiger partial charge in [0.25, 0.3) is 0 Å². The van der Waals surface area contributed by atoms with E-state index in [0.717, 1.165) is 25.2 Å². The number of piperidine rings is 1. The lowest BCUT2D eigenvalue weighted by Gasteiger charge is -2.22. The third-order valence-corrected chi connectivity index (χ3v) is 3.30. The van der Waals surface area contributed by atoms with Crippen LogP contribution >= 0.6 is 23.2 Å². The first-order valence-corrected chi connectivity index (χ1v) is 6.02. The molecule has 1 fully saturated rings. The van der Waals surface area contributed by atoms with Gasteiger partial charge in [-0.15, -0.1) is 0 Å². The van der Waals surface area contributed by atoms with Crippen LogP contribution in [0.15, 0.2) is 12.3 Å². The Morgan fingerprint density at radius 3 is 3.00 bits per heavy atom. The maximum absolute atomic E-state index is 6.08. The Kier molecular flexibility index (Phi) is 3.84. The third-order valence-electron chi connectivity index (χ3n) is 2.76. The predicted octanol–water partition coefficient (Wildman–Crippen LogP) is 2.93. The molecule has 82 valence electrons. The zero-order valence-corrected chi connectivity index (χ0v) is 9.98. The van der Waals surface area contributed by atoms with Crippen molar-refractivity contribution in [2.45, 2.75) is 19.3 Å². The minimum absolute atomic E-state index is 0.602. The number of hydrogen-bond donors (Lipinski definition) is 1. The van der Waals surface area contributed by atoms with Crippen molar-refractivity contribution in [3.8, 4) is 0 Å². The highest BCUT2D eigenvalue weighted by Crippen LogP contribution is 2.23. The highest BCUT2D eigenvalue weighted by atomic mass is 35.5. The molecule has 0 spiro atoms. The zero-order chi connectivity index (χ0) is 10.7. The number of aromatic nitrogens is 1. The molecule has 0 aliphatic carbocycles. The van der Waals surface area contributed by atoms with Gasteiger partial charge in [-0.2, -0.15) is 0 Å². The van der Waals surface area contributed by atoms with Crippen LogP contribution in [0.3, 0.4) is 0 Å². The Bertz CT molecular complexity index is 335. The molecular formula is C11H14Cl2N2. The van der Waals surface area contributed by atoms with Gasteiger partial charge in [0, 0.05) is 6.20 Å². The van der Waals surface area contributed by atoms with Gasteiger partial charge >= 0.3 is 0 Å². The summed E-state index contributed by atoms with van der Waals surface area (Å²) in [6.07, 6.45) is 5.12. The van der Waals surface area contributed by atoms with Crippen LogP contribution in [-0.4, -0.2) is 18.1 Å². The van der Waals surface area contributed by atoms with Gasteiger partial charge in [0.1, 0.15) is 0 Å². The van der Waals surface area contributed by atoms with Crippen molar-refractivity contribution >= 4 is 23.2 Å². The average Bonchev–Trinajstić information content (AvgIpc) is 2.24. The lowest BCUT2D eigenvalue weighted by Crippen LogP contribution is -2.31. The molecule has 0 bridgehead atoms. The summed E-state index contributed by atoms with van der Waals surface area (Å²) >= 11 is 11.9. The molecule has 0 aromatic carbocycles. The van der Waals surface area contributed by atoms with Crippen molar-refractivity contribution < 1.29 is 0 Å². The van der Waals surface area contributed by atoms with E-state index in [2.05, 4.69) is 10.3 Å². The van der Waals surface area contributed by atoms with Gasteiger partial charge in [0.2, 0.25) is 0 Å². The standard InChI is InChI=1S/C11H14Cl2N2/c12-9-5-10(13)11(15-7-9)4-8-2-1-3-14-6-8/h5,7-8,14H,1-4,6H2. The van der Waals surface area contributed by atoms with Crippen LogP contribution in [0.5, 0.6) is 0 Å². The smallest absolute Gasteiger partial charge is 0.0636 e. The maximum atomic E-state index is 6.08. The number of nitrogens with one attached hydrogen (secondary N) is 1. The lowest BCUT2D eigenvalue weighted by atomic mass is 9.94. The zero-order valence-electron chi connectivity index (χ0n) is 8.47. The second-order valence-electron chi connectivity index (χ2n) is 4.00. The highest BCUT2D eigenvalue weighted by molar-refractivity contribution is 6.34. The van der Waals surface area contributed by atoms with E-state index in [-0.39, 0.29) is 0 Å². The molecular weight excluding hydrogens is 231 g/mol. The summed E-state index contributed by atoms with van der Waals surface area (Å²) in [6.45, 7) is 2.21. The van der Waals surface area contributed by atoms with E-state index < -0.39 is 0 Å². The summed E-state index contributed by atoms with van der Waals surface area (Å²) in [4.78, 5) is 4.28. The molecule has 1 aromatic rings. The normalized spacial score (nSPS) is 21.6. The van der Waals surface area contributed by atoms with Gasteiger partial charge in [-0.1, -0.05) is 23.2 Å². The van der Waals surface area contributed by atoms with Crippen molar-refractivity contribution in [1.82, 2.24) is 10.3 Å². The topological polar surface area (TPSA) is 24.9 Å². The Morgan fingerprint density at radius 2 is 2.33 bits per heavy atom. The van der Waals surface area contributed by atoms with E-state index in [1.807, 2.05) is 0 Å². The van der Waals surface area contributed by atoms with Crippen LogP contribution in [0.2, 0.25) is 10.0 Å². The summed E-state index contributed by atoms with van der Waals surface area (Å²) in [5, 5.41) is 4.68. The molecule has 1 N–H and O–H groups in total. The second kappa shape index (κ2) is 5.15. The fourth-order valence-electron chi connectivity index (χ4n) is 1.96. The number of pyridine rings is 1. The number of rotatable bonds is 2. The minimum atomic E-state index is 0.602. The lowest BCUT2D eigenvalue weighted by molar-refractivity contribution is 0.373. The monoisotopic (exact) mass is 244 g/mol. The summed E-state index contributed by atoms with van der Waals surface area (Å²) in [7, 11) is 0. The fraction of sp³-hybridized carbons (Fsp3) is 0.545. The molecule has 0 amide bonds. The minimum Gasteiger partial charge on any atom is -0.316 e. The molecule has 2 nitrogen and oxygen atoms in total. The van der Waals surface area contributed by atoms with Gasteiger partial charge in [0.05, 0.1) is 15.7 Å². The van der Waals surface area contributed by atoms with E-state index >= 15 is 0 Å². The van der Waals surface area contributed by atoms with Crippen LogP contribution < -0.4 is 5.32 Å². The first-order valence-electron chi connectivity index (χ1n) is 5.26. The maximum Gasteiger partial charge on any atom is 0.0636 e. The quantitative estimate of drug-likeness (QED) is 0.866. The van der Waals surface area contributed by atoms with Crippen LogP contribution in [0.1, 0.15) is 18.5 Å². The molecule has 0 saturated carbocycles. The number of nitrogens with zero attached hydrogens (tertiary/aromatic N) is 1. The molecule has 4 heteroatoms.